The number of hydrogen-bond donors (Lipinski definition) is 0. The van der Waals surface area contributed by atoms with Gasteiger partial charge in [0.1, 0.15) is 0 Å². The molecule has 0 aromatic heterocycles. The van der Waals surface area contributed by atoms with Gasteiger partial charge in [0.2, 0.25) is 0 Å². The monoisotopic (exact) mass is 230 g/mol. The van der Waals surface area contributed by atoms with Crippen LogP contribution in [0.3, 0.4) is 0 Å². The lowest BCUT2D eigenvalue weighted by Gasteiger charge is -2.79. The summed E-state index contributed by atoms with van der Waals surface area (Å²) in [4.78, 5) is 0. The SMILES string of the molecule is CC(C)C12CC3(C(F)(F)F)C4CC4C1CC23. The number of fused-ring (bicyclic) bond motifs is 3. The third-order valence-corrected chi connectivity index (χ3v) is 6.67. The Hall–Kier alpha value is -0.210. The molecule has 0 heterocycles. The standard InChI is InChI=1S/C13H17F3/c1-6(2)11-5-12(13(14,15)16)9-3-7(9)8(11)4-10(11)12/h6-10H,3-5H2,1-2H3. The fourth-order valence-electron chi connectivity index (χ4n) is 5.99. The summed E-state index contributed by atoms with van der Waals surface area (Å²) in [6.07, 6.45) is -1.74. The largest absolute Gasteiger partial charge is 0.395 e. The highest BCUT2D eigenvalue weighted by atomic mass is 19.4. The minimum Gasteiger partial charge on any atom is -0.170 e. The first-order chi connectivity index (χ1) is 7.35. The zero-order chi connectivity index (χ0) is 11.5. The van der Waals surface area contributed by atoms with Gasteiger partial charge in [-0.25, -0.2) is 0 Å². The maximum atomic E-state index is 13.3. The summed E-state index contributed by atoms with van der Waals surface area (Å²) < 4.78 is 40.0. The average molecular weight is 230 g/mol. The highest BCUT2D eigenvalue weighted by molar-refractivity contribution is 5.34. The quantitative estimate of drug-likeness (QED) is 0.641. The maximum Gasteiger partial charge on any atom is 0.395 e. The summed E-state index contributed by atoms with van der Waals surface area (Å²) in [5.41, 5.74) is -1.15. The van der Waals surface area contributed by atoms with Crippen LogP contribution in [0.1, 0.15) is 33.1 Å². The fraction of sp³-hybridized carbons (Fsp3) is 1.00. The van der Waals surface area contributed by atoms with Crippen molar-refractivity contribution in [1.82, 2.24) is 0 Å². The first-order valence-corrected chi connectivity index (χ1v) is 6.42. The molecular weight excluding hydrogens is 213 g/mol. The van der Waals surface area contributed by atoms with Crippen molar-refractivity contribution in [1.29, 1.82) is 0 Å². The first-order valence-electron chi connectivity index (χ1n) is 6.42. The zero-order valence-corrected chi connectivity index (χ0v) is 9.64. The minimum absolute atomic E-state index is 0.0110. The molecule has 0 N–H and O–H groups in total. The normalized spacial score (nSPS) is 61.1. The van der Waals surface area contributed by atoms with Crippen LogP contribution in [0.5, 0.6) is 0 Å². The van der Waals surface area contributed by atoms with Crippen molar-refractivity contribution in [2.45, 2.75) is 39.3 Å². The van der Waals surface area contributed by atoms with E-state index in [1.165, 1.54) is 0 Å². The van der Waals surface area contributed by atoms with Gasteiger partial charge >= 0.3 is 6.18 Å². The fourth-order valence-corrected chi connectivity index (χ4v) is 5.99. The van der Waals surface area contributed by atoms with Crippen molar-refractivity contribution in [2.24, 2.45) is 40.4 Å². The van der Waals surface area contributed by atoms with Crippen molar-refractivity contribution in [3.8, 4) is 0 Å². The molecule has 0 aliphatic heterocycles. The van der Waals surface area contributed by atoms with E-state index in [0.717, 1.165) is 12.8 Å². The lowest BCUT2D eigenvalue weighted by Crippen LogP contribution is -2.78. The Morgan fingerprint density at radius 2 is 1.81 bits per heavy atom. The van der Waals surface area contributed by atoms with Crippen LogP contribution in [-0.2, 0) is 0 Å². The molecule has 90 valence electrons. The van der Waals surface area contributed by atoms with Crippen LogP contribution in [-0.4, -0.2) is 6.18 Å². The van der Waals surface area contributed by atoms with Gasteiger partial charge in [0.15, 0.2) is 0 Å². The van der Waals surface area contributed by atoms with E-state index in [0.29, 0.717) is 24.2 Å². The number of alkyl halides is 3. The Bertz CT molecular complexity index is 372. The Labute approximate surface area is 93.6 Å². The van der Waals surface area contributed by atoms with Gasteiger partial charge in [-0.2, -0.15) is 13.2 Å². The smallest absolute Gasteiger partial charge is 0.170 e. The van der Waals surface area contributed by atoms with Crippen molar-refractivity contribution in [2.75, 3.05) is 0 Å². The molecule has 3 heteroatoms. The number of hydrogen-bond acceptors (Lipinski definition) is 0. The molecule has 4 fully saturated rings. The molecule has 4 saturated carbocycles. The predicted molar refractivity (Wildman–Crippen MR) is 53.6 cm³/mol. The molecule has 0 aromatic carbocycles. The van der Waals surface area contributed by atoms with Crippen LogP contribution in [0.25, 0.3) is 0 Å². The van der Waals surface area contributed by atoms with Crippen molar-refractivity contribution >= 4 is 0 Å². The Balaban J connectivity index is 1.80. The summed E-state index contributed by atoms with van der Waals surface area (Å²) in [6, 6.07) is 0. The second-order valence-electron chi connectivity index (χ2n) is 6.88. The van der Waals surface area contributed by atoms with Crippen molar-refractivity contribution < 1.29 is 13.2 Å². The third kappa shape index (κ3) is 0.653. The maximum absolute atomic E-state index is 13.3. The number of rotatable bonds is 1. The average Bonchev–Trinajstić information content (AvgIpc) is 2.88. The third-order valence-electron chi connectivity index (χ3n) is 6.67. The summed E-state index contributed by atoms with van der Waals surface area (Å²) >= 11 is 0. The molecule has 0 saturated heterocycles. The van der Waals surface area contributed by atoms with Crippen molar-refractivity contribution in [3.63, 3.8) is 0 Å². The number of halogens is 3. The Morgan fingerprint density at radius 1 is 1.12 bits per heavy atom. The molecule has 4 rings (SSSR count). The lowest BCUT2D eigenvalue weighted by molar-refractivity contribution is -0.409. The van der Waals surface area contributed by atoms with Crippen LogP contribution in [0.4, 0.5) is 13.2 Å². The van der Waals surface area contributed by atoms with Crippen LogP contribution in [0.2, 0.25) is 0 Å². The van der Waals surface area contributed by atoms with E-state index in [1.807, 2.05) is 0 Å². The highest BCUT2D eigenvalue weighted by Crippen LogP contribution is 2.92. The summed E-state index contributed by atoms with van der Waals surface area (Å²) in [5.74, 6) is 1.51. The van der Waals surface area contributed by atoms with Gasteiger partial charge in [-0.05, 0) is 54.3 Å². The van der Waals surface area contributed by atoms with Gasteiger partial charge in [-0.15, -0.1) is 0 Å². The van der Waals surface area contributed by atoms with E-state index < -0.39 is 11.6 Å². The highest BCUT2D eigenvalue weighted by Gasteiger charge is 2.91. The van der Waals surface area contributed by atoms with E-state index in [4.69, 9.17) is 0 Å². The second kappa shape index (κ2) is 2.20. The van der Waals surface area contributed by atoms with E-state index in [1.54, 1.807) is 0 Å². The molecule has 0 radical (unpaired) electrons. The summed E-state index contributed by atoms with van der Waals surface area (Å²) in [7, 11) is 0. The van der Waals surface area contributed by atoms with Gasteiger partial charge in [-0.1, -0.05) is 13.8 Å². The minimum atomic E-state index is -3.94. The molecule has 6 unspecified atom stereocenters. The molecule has 6 atom stereocenters. The molecular formula is C13H17F3. The predicted octanol–water partition coefficient (Wildman–Crippen LogP) is 3.87. The van der Waals surface area contributed by atoms with E-state index in [-0.39, 0.29) is 17.3 Å². The molecule has 0 aromatic rings. The second-order valence-corrected chi connectivity index (χ2v) is 6.88. The van der Waals surface area contributed by atoms with Gasteiger partial charge in [-0.3, -0.25) is 0 Å². The van der Waals surface area contributed by atoms with Gasteiger partial charge < -0.3 is 0 Å². The van der Waals surface area contributed by atoms with Crippen LogP contribution >= 0.6 is 0 Å². The van der Waals surface area contributed by atoms with Gasteiger partial charge in [0.05, 0.1) is 5.41 Å². The molecule has 4 bridgehead atoms. The van der Waals surface area contributed by atoms with Crippen LogP contribution in [0, 0.1) is 40.4 Å². The molecule has 0 nitrogen and oxygen atoms in total. The molecule has 0 amide bonds. The van der Waals surface area contributed by atoms with Crippen molar-refractivity contribution in [3.05, 3.63) is 0 Å². The molecule has 4 aliphatic rings. The summed E-state index contributed by atoms with van der Waals surface area (Å²) in [5, 5.41) is 0. The van der Waals surface area contributed by atoms with Gasteiger partial charge in [0.25, 0.3) is 0 Å². The topological polar surface area (TPSA) is 0 Å². The zero-order valence-electron chi connectivity index (χ0n) is 9.64. The van der Waals surface area contributed by atoms with E-state index in [2.05, 4.69) is 13.8 Å². The van der Waals surface area contributed by atoms with Crippen LogP contribution < -0.4 is 0 Å². The Morgan fingerprint density at radius 3 is 2.31 bits per heavy atom. The summed E-state index contributed by atoms with van der Waals surface area (Å²) in [6.45, 7) is 4.25. The van der Waals surface area contributed by atoms with E-state index in [9.17, 15) is 13.2 Å². The van der Waals surface area contributed by atoms with Gasteiger partial charge in [0, 0.05) is 0 Å². The van der Waals surface area contributed by atoms with E-state index >= 15 is 0 Å². The molecule has 16 heavy (non-hydrogen) atoms. The molecule has 0 spiro atoms. The molecule has 4 aliphatic carbocycles. The lowest BCUT2D eigenvalue weighted by atomic mass is 9.25. The Kier molecular flexibility index (Phi) is 1.34. The first kappa shape index (κ1) is 9.78. The van der Waals surface area contributed by atoms with Crippen LogP contribution in [0.15, 0.2) is 0 Å².